The first-order valence-electron chi connectivity index (χ1n) is 5.95. The summed E-state index contributed by atoms with van der Waals surface area (Å²) >= 11 is 0. The number of fused-ring (bicyclic) bond motifs is 1. The van der Waals surface area contributed by atoms with Gasteiger partial charge in [0.25, 0.3) is 0 Å². The molecule has 2 rings (SSSR count). The predicted octanol–water partition coefficient (Wildman–Crippen LogP) is 3.57. The first-order valence-corrected chi connectivity index (χ1v) is 5.95. The molecular weight excluding hydrogens is 198 g/mol. The predicted molar refractivity (Wildman–Crippen MR) is 68.3 cm³/mol. The van der Waals surface area contributed by atoms with Crippen LogP contribution in [0.1, 0.15) is 40.2 Å². The van der Waals surface area contributed by atoms with Crippen molar-refractivity contribution in [1.82, 2.24) is 0 Å². The Kier molecular flexibility index (Phi) is 2.61. The minimum absolute atomic E-state index is 0.184. The van der Waals surface area contributed by atoms with Crippen molar-refractivity contribution in [3.63, 3.8) is 0 Å². The molecule has 0 aliphatic carbocycles. The van der Waals surface area contributed by atoms with Crippen molar-refractivity contribution in [2.45, 2.75) is 52.2 Å². The highest BCUT2D eigenvalue weighted by Crippen LogP contribution is 2.35. The molecule has 2 nitrogen and oxygen atoms in total. The SMILES string of the molecule is CC1Nc2cc(C(C)(C)C)ccc2OC1C. The number of ether oxygens (including phenoxy) is 1. The van der Waals surface area contributed by atoms with Gasteiger partial charge >= 0.3 is 0 Å². The molecule has 1 aromatic rings. The molecule has 0 aromatic heterocycles. The van der Waals surface area contributed by atoms with Crippen molar-refractivity contribution in [3.05, 3.63) is 23.8 Å². The third-order valence-electron chi connectivity index (χ3n) is 3.25. The largest absolute Gasteiger partial charge is 0.486 e. The average molecular weight is 219 g/mol. The van der Waals surface area contributed by atoms with E-state index in [-0.39, 0.29) is 11.5 Å². The molecule has 0 amide bonds. The summed E-state index contributed by atoms with van der Waals surface area (Å²) in [5.41, 5.74) is 2.64. The van der Waals surface area contributed by atoms with Crippen LogP contribution >= 0.6 is 0 Å². The fraction of sp³-hybridized carbons (Fsp3) is 0.571. The zero-order chi connectivity index (χ0) is 11.9. The number of nitrogens with one attached hydrogen (secondary N) is 1. The van der Waals surface area contributed by atoms with Crippen molar-refractivity contribution in [2.24, 2.45) is 0 Å². The van der Waals surface area contributed by atoms with E-state index in [9.17, 15) is 0 Å². The molecule has 1 N–H and O–H groups in total. The van der Waals surface area contributed by atoms with Gasteiger partial charge in [0.05, 0.1) is 11.7 Å². The Bertz CT molecular complexity index is 392. The Morgan fingerprint density at radius 3 is 2.50 bits per heavy atom. The molecule has 2 atom stereocenters. The highest BCUT2D eigenvalue weighted by atomic mass is 16.5. The lowest BCUT2D eigenvalue weighted by molar-refractivity contribution is 0.193. The minimum atomic E-state index is 0.184. The molecule has 0 saturated heterocycles. The summed E-state index contributed by atoms with van der Waals surface area (Å²) in [6, 6.07) is 6.80. The molecule has 2 unspecified atom stereocenters. The van der Waals surface area contributed by atoms with Crippen LogP contribution in [0.15, 0.2) is 18.2 Å². The Balaban J connectivity index is 2.37. The maximum absolute atomic E-state index is 5.85. The second-order valence-electron chi connectivity index (χ2n) is 5.72. The molecule has 0 saturated carbocycles. The van der Waals surface area contributed by atoms with Crippen molar-refractivity contribution in [2.75, 3.05) is 5.32 Å². The molecule has 1 aliphatic heterocycles. The van der Waals surface area contributed by atoms with E-state index in [4.69, 9.17) is 4.74 Å². The van der Waals surface area contributed by atoms with Crippen molar-refractivity contribution in [3.8, 4) is 5.75 Å². The van der Waals surface area contributed by atoms with Gasteiger partial charge in [-0.25, -0.2) is 0 Å². The lowest BCUT2D eigenvalue weighted by atomic mass is 9.86. The number of rotatable bonds is 0. The van der Waals surface area contributed by atoms with E-state index in [0.29, 0.717) is 6.04 Å². The maximum atomic E-state index is 5.85. The van der Waals surface area contributed by atoms with Gasteiger partial charge in [0.2, 0.25) is 0 Å². The van der Waals surface area contributed by atoms with E-state index < -0.39 is 0 Å². The van der Waals surface area contributed by atoms with E-state index in [0.717, 1.165) is 11.4 Å². The smallest absolute Gasteiger partial charge is 0.142 e. The summed E-state index contributed by atoms with van der Waals surface area (Å²) in [6.07, 6.45) is 0.230. The Morgan fingerprint density at radius 1 is 1.19 bits per heavy atom. The van der Waals surface area contributed by atoms with E-state index in [2.05, 4.69) is 58.1 Å². The second kappa shape index (κ2) is 3.69. The zero-order valence-electron chi connectivity index (χ0n) is 10.8. The fourth-order valence-electron chi connectivity index (χ4n) is 1.88. The van der Waals surface area contributed by atoms with Gasteiger partial charge in [-0.2, -0.15) is 0 Å². The van der Waals surface area contributed by atoms with Crippen LogP contribution in [0.5, 0.6) is 5.75 Å². The highest BCUT2D eigenvalue weighted by Gasteiger charge is 2.24. The van der Waals surface area contributed by atoms with E-state index in [1.54, 1.807) is 0 Å². The molecule has 0 spiro atoms. The summed E-state index contributed by atoms with van der Waals surface area (Å²) in [6.45, 7) is 10.9. The van der Waals surface area contributed by atoms with E-state index in [1.807, 2.05) is 0 Å². The van der Waals surface area contributed by atoms with E-state index in [1.165, 1.54) is 5.56 Å². The van der Waals surface area contributed by atoms with Gasteiger partial charge in [0.1, 0.15) is 11.9 Å². The summed E-state index contributed by atoms with van der Waals surface area (Å²) in [4.78, 5) is 0. The van der Waals surface area contributed by atoms with Crippen LogP contribution in [0.4, 0.5) is 5.69 Å². The molecule has 0 radical (unpaired) electrons. The second-order valence-corrected chi connectivity index (χ2v) is 5.72. The Hall–Kier alpha value is -1.18. The summed E-state index contributed by atoms with van der Waals surface area (Å²) in [7, 11) is 0. The fourth-order valence-corrected chi connectivity index (χ4v) is 1.88. The number of hydrogen-bond acceptors (Lipinski definition) is 2. The maximum Gasteiger partial charge on any atom is 0.142 e. The van der Waals surface area contributed by atoms with Crippen LogP contribution < -0.4 is 10.1 Å². The lowest BCUT2D eigenvalue weighted by Gasteiger charge is -2.32. The molecule has 88 valence electrons. The normalized spacial score (nSPS) is 24.3. The van der Waals surface area contributed by atoms with Gasteiger partial charge in [0, 0.05) is 0 Å². The van der Waals surface area contributed by atoms with Crippen molar-refractivity contribution < 1.29 is 4.74 Å². The molecule has 0 bridgehead atoms. The highest BCUT2D eigenvalue weighted by molar-refractivity contribution is 5.61. The first kappa shape index (κ1) is 11.3. The average Bonchev–Trinajstić information content (AvgIpc) is 2.17. The Morgan fingerprint density at radius 2 is 1.88 bits per heavy atom. The van der Waals surface area contributed by atoms with Crippen molar-refractivity contribution >= 4 is 5.69 Å². The number of benzene rings is 1. The minimum Gasteiger partial charge on any atom is -0.486 e. The van der Waals surface area contributed by atoms with Crippen LogP contribution in [-0.2, 0) is 5.41 Å². The van der Waals surface area contributed by atoms with Crippen LogP contribution in [0.3, 0.4) is 0 Å². The Labute approximate surface area is 98.0 Å². The molecule has 16 heavy (non-hydrogen) atoms. The van der Waals surface area contributed by atoms with Crippen LogP contribution in [0, 0.1) is 0 Å². The third kappa shape index (κ3) is 2.01. The van der Waals surface area contributed by atoms with Gasteiger partial charge in [-0.3, -0.25) is 0 Å². The molecule has 2 heteroatoms. The third-order valence-corrected chi connectivity index (χ3v) is 3.25. The standard InChI is InChI=1S/C14H21NO/c1-9-10(2)16-13-7-6-11(14(3,4)5)8-12(13)15-9/h6-10,15H,1-5H3. The number of anilines is 1. The summed E-state index contributed by atoms with van der Waals surface area (Å²) < 4.78 is 5.85. The van der Waals surface area contributed by atoms with Crippen molar-refractivity contribution in [1.29, 1.82) is 0 Å². The van der Waals surface area contributed by atoms with Gasteiger partial charge in [0.15, 0.2) is 0 Å². The van der Waals surface area contributed by atoms with Gasteiger partial charge < -0.3 is 10.1 Å². The topological polar surface area (TPSA) is 21.3 Å². The zero-order valence-corrected chi connectivity index (χ0v) is 10.8. The quantitative estimate of drug-likeness (QED) is 0.720. The first-order chi connectivity index (χ1) is 7.38. The molecule has 1 aromatic carbocycles. The van der Waals surface area contributed by atoms with Gasteiger partial charge in [-0.1, -0.05) is 26.8 Å². The number of hydrogen-bond donors (Lipinski definition) is 1. The molecule has 1 aliphatic rings. The lowest BCUT2D eigenvalue weighted by Crippen LogP contribution is -2.37. The van der Waals surface area contributed by atoms with Crippen LogP contribution in [0.2, 0.25) is 0 Å². The van der Waals surface area contributed by atoms with Gasteiger partial charge in [-0.15, -0.1) is 0 Å². The summed E-state index contributed by atoms with van der Waals surface area (Å²) in [5, 5.41) is 3.50. The molecule has 0 fully saturated rings. The molecular formula is C14H21NO. The molecule has 1 heterocycles. The van der Waals surface area contributed by atoms with Gasteiger partial charge in [-0.05, 0) is 37.0 Å². The van der Waals surface area contributed by atoms with E-state index >= 15 is 0 Å². The monoisotopic (exact) mass is 219 g/mol. The van der Waals surface area contributed by atoms with Crippen LogP contribution in [0.25, 0.3) is 0 Å². The van der Waals surface area contributed by atoms with Crippen LogP contribution in [-0.4, -0.2) is 12.1 Å². The summed E-state index contributed by atoms with van der Waals surface area (Å²) in [5.74, 6) is 0.971.